The van der Waals surface area contributed by atoms with Crippen LogP contribution in [0.15, 0.2) is 29.6 Å². The molecule has 8 heteroatoms. The van der Waals surface area contributed by atoms with Crippen LogP contribution in [0.5, 0.6) is 0 Å². The van der Waals surface area contributed by atoms with Crippen LogP contribution >= 0.6 is 11.3 Å². The van der Waals surface area contributed by atoms with Gasteiger partial charge in [-0.25, -0.2) is 14.6 Å². The molecule has 1 aromatic heterocycles. The van der Waals surface area contributed by atoms with Gasteiger partial charge in [0.1, 0.15) is 5.01 Å². The van der Waals surface area contributed by atoms with Gasteiger partial charge in [-0.05, 0) is 18.6 Å². The number of rotatable bonds is 7. The van der Waals surface area contributed by atoms with Gasteiger partial charge in [0.25, 0.3) is 0 Å². The Hall–Kier alpha value is -2.45. The van der Waals surface area contributed by atoms with Gasteiger partial charge in [-0.2, -0.15) is 0 Å². The maximum atomic E-state index is 12.6. The molecule has 0 unspecified atom stereocenters. The molecule has 0 aliphatic carbocycles. The summed E-state index contributed by atoms with van der Waals surface area (Å²) in [5, 5.41) is 5.17. The average molecular weight is 363 g/mol. The van der Waals surface area contributed by atoms with E-state index >= 15 is 0 Å². The highest BCUT2D eigenvalue weighted by Gasteiger charge is 2.18. The van der Waals surface area contributed by atoms with E-state index in [1.807, 2.05) is 31.2 Å². The largest absolute Gasteiger partial charge is 0.464 e. The van der Waals surface area contributed by atoms with Crippen LogP contribution in [-0.2, 0) is 16.0 Å². The molecule has 1 aromatic carbocycles. The number of ether oxygens (including phenoxy) is 2. The minimum absolute atomic E-state index is 0.244. The molecule has 0 saturated carbocycles. The average Bonchev–Trinajstić information content (AvgIpc) is 3.08. The molecule has 0 bridgehead atoms. The molecule has 2 rings (SSSR count). The molecule has 0 aliphatic heterocycles. The van der Waals surface area contributed by atoms with Crippen molar-refractivity contribution in [2.45, 2.75) is 13.5 Å². The molecule has 7 nitrogen and oxygen atoms in total. The number of carbonyl (C=O) groups is 2. The fourth-order valence-corrected chi connectivity index (χ4v) is 2.88. The number of carbonyl (C=O) groups excluding carboxylic acids is 2. The Morgan fingerprint density at radius 2 is 2.04 bits per heavy atom. The zero-order valence-corrected chi connectivity index (χ0v) is 15.3. The molecular formula is C17H21N3O4S. The van der Waals surface area contributed by atoms with E-state index in [0.717, 1.165) is 11.3 Å². The SMILES string of the molecule is COCCN(Cc1nc(C(=O)OC)cs1)C(=O)Nc1ccccc1C. The van der Waals surface area contributed by atoms with Crippen molar-refractivity contribution < 1.29 is 19.1 Å². The zero-order chi connectivity index (χ0) is 18.2. The Bertz CT molecular complexity index is 732. The van der Waals surface area contributed by atoms with E-state index in [2.05, 4.69) is 15.0 Å². The molecule has 134 valence electrons. The van der Waals surface area contributed by atoms with Crippen LogP contribution in [0.2, 0.25) is 0 Å². The standard InChI is InChI=1S/C17H21N3O4S/c1-12-6-4-5-7-13(12)19-17(22)20(8-9-23-2)10-15-18-14(11-25-15)16(21)24-3/h4-7,11H,8-10H2,1-3H3,(H,19,22). The summed E-state index contributed by atoms with van der Waals surface area (Å²) in [7, 11) is 2.89. The molecule has 0 spiro atoms. The summed E-state index contributed by atoms with van der Waals surface area (Å²) >= 11 is 1.31. The first-order valence-corrected chi connectivity index (χ1v) is 8.56. The van der Waals surface area contributed by atoms with Crippen molar-refractivity contribution in [2.24, 2.45) is 0 Å². The summed E-state index contributed by atoms with van der Waals surface area (Å²) in [6, 6.07) is 7.31. The van der Waals surface area contributed by atoms with Gasteiger partial charge in [0.2, 0.25) is 0 Å². The number of anilines is 1. The van der Waals surface area contributed by atoms with Crippen LogP contribution in [0.1, 0.15) is 21.1 Å². The summed E-state index contributed by atoms with van der Waals surface area (Å²) in [6.45, 7) is 3.01. The summed E-state index contributed by atoms with van der Waals surface area (Å²) in [5.74, 6) is -0.490. The molecule has 0 radical (unpaired) electrons. The lowest BCUT2D eigenvalue weighted by molar-refractivity contribution is 0.0594. The second kappa shape index (κ2) is 9.14. The van der Waals surface area contributed by atoms with Crippen LogP contribution < -0.4 is 5.32 Å². The summed E-state index contributed by atoms with van der Waals surface area (Å²) < 4.78 is 9.73. The number of hydrogen-bond acceptors (Lipinski definition) is 6. The number of benzene rings is 1. The molecule has 1 N–H and O–H groups in total. The first-order chi connectivity index (χ1) is 12.0. The minimum Gasteiger partial charge on any atom is -0.464 e. The monoisotopic (exact) mass is 363 g/mol. The van der Waals surface area contributed by atoms with Crippen LogP contribution in [-0.4, -0.2) is 49.3 Å². The second-order valence-electron chi connectivity index (χ2n) is 5.28. The molecule has 0 atom stereocenters. The van der Waals surface area contributed by atoms with E-state index < -0.39 is 5.97 Å². The Kier molecular flexibility index (Phi) is 6.91. The molecule has 1 heterocycles. The van der Waals surface area contributed by atoms with E-state index in [9.17, 15) is 9.59 Å². The number of aryl methyl sites for hydroxylation is 1. The number of aromatic nitrogens is 1. The van der Waals surface area contributed by atoms with Gasteiger partial charge in [0, 0.05) is 24.7 Å². The maximum Gasteiger partial charge on any atom is 0.357 e. The predicted molar refractivity (Wildman–Crippen MR) is 95.9 cm³/mol. The third-order valence-corrected chi connectivity index (χ3v) is 4.35. The van der Waals surface area contributed by atoms with Gasteiger partial charge in [-0.3, -0.25) is 0 Å². The number of methoxy groups -OCH3 is 2. The smallest absolute Gasteiger partial charge is 0.357 e. The van der Waals surface area contributed by atoms with Gasteiger partial charge in [0.15, 0.2) is 5.69 Å². The highest BCUT2D eigenvalue weighted by Crippen LogP contribution is 2.17. The molecule has 0 aliphatic rings. The third kappa shape index (κ3) is 5.27. The number of nitrogens with zero attached hydrogens (tertiary/aromatic N) is 2. The van der Waals surface area contributed by atoms with Crippen molar-refractivity contribution in [3.63, 3.8) is 0 Å². The van der Waals surface area contributed by atoms with Crippen molar-refractivity contribution in [3.8, 4) is 0 Å². The topological polar surface area (TPSA) is 80.8 Å². The van der Waals surface area contributed by atoms with Gasteiger partial charge < -0.3 is 19.7 Å². The number of hydrogen-bond donors (Lipinski definition) is 1. The van der Waals surface area contributed by atoms with E-state index in [1.165, 1.54) is 18.4 Å². The molecule has 0 fully saturated rings. The van der Waals surface area contributed by atoms with Crippen LogP contribution in [0.25, 0.3) is 0 Å². The lowest BCUT2D eigenvalue weighted by Crippen LogP contribution is -2.37. The molecule has 0 saturated heterocycles. The van der Waals surface area contributed by atoms with Gasteiger partial charge in [0.05, 0.1) is 20.3 Å². The van der Waals surface area contributed by atoms with E-state index in [-0.39, 0.29) is 18.3 Å². The normalized spacial score (nSPS) is 10.4. The number of urea groups is 1. The number of amides is 2. The summed E-state index contributed by atoms with van der Waals surface area (Å²) in [6.07, 6.45) is 0. The number of para-hydroxylation sites is 1. The van der Waals surface area contributed by atoms with Gasteiger partial charge >= 0.3 is 12.0 Å². The first-order valence-electron chi connectivity index (χ1n) is 7.68. The molecule has 25 heavy (non-hydrogen) atoms. The second-order valence-corrected chi connectivity index (χ2v) is 6.22. The number of thiazole rings is 1. The van der Waals surface area contributed by atoms with Crippen molar-refractivity contribution in [1.82, 2.24) is 9.88 Å². The van der Waals surface area contributed by atoms with Crippen molar-refractivity contribution >= 4 is 29.0 Å². The fraction of sp³-hybridized carbons (Fsp3) is 0.353. The Morgan fingerprint density at radius 3 is 2.72 bits per heavy atom. The highest BCUT2D eigenvalue weighted by atomic mass is 32.1. The van der Waals surface area contributed by atoms with Crippen molar-refractivity contribution in [2.75, 3.05) is 32.7 Å². The lowest BCUT2D eigenvalue weighted by atomic mass is 10.2. The summed E-state index contributed by atoms with van der Waals surface area (Å²) in [4.78, 5) is 29.9. The van der Waals surface area contributed by atoms with Crippen LogP contribution in [0, 0.1) is 6.92 Å². The quantitative estimate of drug-likeness (QED) is 0.765. The Morgan fingerprint density at radius 1 is 1.28 bits per heavy atom. The van der Waals surface area contributed by atoms with E-state index in [0.29, 0.717) is 18.2 Å². The lowest BCUT2D eigenvalue weighted by Gasteiger charge is -2.22. The fourth-order valence-electron chi connectivity index (χ4n) is 2.11. The van der Waals surface area contributed by atoms with Gasteiger partial charge in [-0.1, -0.05) is 18.2 Å². The third-order valence-electron chi connectivity index (χ3n) is 3.51. The summed E-state index contributed by atoms with van der Waals surface area (Å²) in [5.41, 5.74) is 1.97. The zero-order valence-electron chi connectivity index (χ0n) is 14.4. The minimum atomic E-state index is -0.490. The number of nitrogens with one attached hydrogen (secondary N) is 1. The highest BCUT2D eigenvalue weighted by molar-refractivity contribution is 7.09. The Labute approximate surface area is 150 Å². The Balaban J connectivity index is 2.09. The van der Waals surface area contributed by atoms with Crippen LogP contribution in [0.4, 0.5) is 10.5 Å². The van der Waals surface area contributed by atoms with Gasteiger partial charge in [-0.15, -0.1) is 11.3 Å². The molecule has 2 amide bonds. The predicted octanol–water partition coefficient (Wildman–Crippen LogP) is 2.92. The number of esters is 1. The van der Waals surface area contributed by atoms with Crippen molar-refractivity contribution in [1.29, 1.82) is 0 Å². The van der Waals surface area contributed by atoms with E-state index in [1.54, 1.807) is 17.4 Å². The first kappa shape index (κ1) is 18.9. The molecular weight excluding hydrogens is 342 g/mol. The van der Waals surface area contributed by atoms with Crippen LogP contribution in [0.3, 0.4) is 0 Å². The van der Waals surface area contributed by atoms with E-state index in [4.69, 9.17) is 4.74 Å². The molecule has 2 aromatic rings. The maximum absolute atomic E-state index is 12.6. The van der Waals surface area contributed by atoms with Crippen molar-refractivity contribution in [3.05, 3.63) is 45.9 Å².